The van der Waals surface area contributed by atoms with Gasteiger partial charge in [-0.2, -0.15) is 5.26 Å². The van der Waals surface area contributed by atoms with Crippen LogP contribution >= 0.6 is 0 Å². The Morgan fingerprint density at radius 3 is 2.26 bits per heavy atom. The second kappa shape index (κ2) is 7.97. The molecule has 4 aromatic rings. The van der Waals surface area contributed by atoms with E-state index in [1.54, 1.807) is 0 Å². The first-order valence-corrected chi connectivity index (χ1v) is 10.3. The lowest BCUT2D eigenvalue weighted by Crippen LogP contribution is -2.13. The number of aromatic nitrogens is 1. The molecule has 1 aromatic heterocycles. The molecule has 0 saturated heterocycles. The molecule has 31 heavy (non-hydrogen) atoms. The summed E-state index contributed by atoms with van der Waals surface area (Å²) in [6.07, 6.45) is 0.971. The summed E-state index contributed by atoms with van der Waals surface area (Å²) in [7, 11) is 2.09. The van der Waals surface area contributed by atoms with E-state index in [9.17, 15) is 0 Å². The summed E-state index contributed by atoms with van der Waals surface area (Å²) in [6, 6.07) is 29.9. The molecule has 0 atom stereocenters. The molecule has 0 saturated carbocycles. The van der Waals surface area contributed by atoms with E-state index < -0.39 is 0 Å². The van der Waals surface area contributed by atoms with Gasteiger partial charge in [-0.05, 0) is 72.1 Å². The van der Waals surface area contributed by atoms with Crippen molar-refractivity contribution in [3.8, 4) is 40.0 Å². The summed E-state index contributed by atoms with van der Waals surface area (Å²) in [6.45, 7) is 0.957. The number of hydrogen-bond donors (Lipinski definition) is 0. The Labute approximate surface area is 182 Å². The summed E-state index contributed by atoms with van der Waals surface area (Å²) in [5, 5.41) is 9.12. The average molecular weight is 403 g/mol. The van der Waals surface area contributed by atoms with Gasteiger partial charge in [-0.3, -0.25) is 0 Å². The Morgan fingerprint density at radius 2 is 1.55 bits per heavy atom. The molecular weight excluding hydrogens is 382 g/mol. The Bertz CT molecular complexity index is 1260. The number of para-hydroxylation sites is 1. The molecule has 1 aliphatic rings. The second-order valence-corrected chi connectivity index (χ2v) is 7.66. The van der Waals surface area contributed by atoms with Crippen molar-refractivity contribution in [3.05, 3.63) is 96.1 Å². The molecule has 3 aromatic carbocycles. The third-order valence-electron chi connectivity index (χ3n) is 5.62. The molecule has 1 aliphatic heterocycles. The van der Waals surface area contributed by atoms with Gasteiger partial charge in [0.05, 0.1) is 17.3 Å². The van der Waals surface area contributed by atoms with E-state index in [0.29, 0.717) is 5.56 Å². The van der Waals surface area contributed by atoms with Gasteiger partial charge in [0, 0.05) is 24.7 Å². The van der Waals surface area contributed by atoms with E-state index in [-0.39, 0.29) is 0 Å². The van der Waals surface area contributed by atoms with Gasteiger partial charge < -0.3 is 9.64 Å². The fourth-order valence-corrected chi connectivity index (χ4v) is 3.95. The fraction of sp³-hybridized carbons (Fsp3) is 0.111. The molecule has 0 N–H and O–H groups in total. The number of pyridine rings is 1. The van der Waals surface area contributed by atoms with Crippen molar-refractivity contribution in [2.45, 2.75) is 6.42 Å². The lowest BCUT2D eigenvalue weighted by atomic mass is 9.96. The maximum Gasteiger partial charge on any atom is 0.132 e. The van der Waals surface area contributed by atoms with Crippen LogP contribution in [0.2, 0.25) is 0 Å². The van der Waals surface area contributed by atoms with Crippen LogP contribution in [0.4, 0.5) is 5.82 Å². The van der Waals surface area contributed by atoms with Crippen LogP contribution in [-0.2, 0) is 6.42 Å². The number of hydrogen-bond acceptors (Lipinski definition) is 4. The predicted molar refractivity (Wildman–Crippen MR) is 123 cm³/mol. The summed E-state index contributed by atoms with van der Waals surface area (Å²) in [5.74, 6) is 2.64. The van der Waals surface area contributed by atoms with Crippen molar-refractivity contribution in [1.82, 2.24) is 4.98 Å². The number of rotatable bonds is 4. The molecule has 150 valence electrons. The van der Waals surface area contributed by atoms with Gasteiger partial charge >= 0.3 is 0 Å². The van der Waals surface area contributed by atoms with Crippen LogP contribution in [0.3, 0.4) is 0 Å². The highest BCUT2D eigenvalue weighted by Crippen LogP contribution is 2.37. The molecular formula is C27H21N3O. The molecule has 4 heteroatoms. The van der Waals surface area contributed by atoms with Crippen molar-refractivity contribution in [2.75, 3.05) is 18.5 Å². The first-order chi connectivity index (χ1) is 15.2. The van der Waals surface area contributed by atoms with E-state index >= 15 is 0 Å². The van der Waals surface area contributed by atoms with Crippen molar-refractivity contribution >= 4 is 5.82 Å². The SMILES string of the molecule is CN1CCc2c(-c3ccc(C#N)cc3)cc(-c3ccc(Oc4ccccc4)cc3)nc21. The van der Waals surface area contributed by atoms with Crippen LogP contribution in [0.1, 0.15) is 11.1 Å². The Kier molecular flexibility index (Phi) is 4.86. The third kappa shape index (κ3) is 3.74. The van der Waals surface area contributed by atoms with E-state index in [4.69, 9.17) is 15.0 Å². The normalized spacial score (nSPS) is 12.3. The summed E-state index contributed by atoms with van der Waals surface area (Å²) in [5.41, 5.74) is 6.19. The molecule has 4 nitrogen and oxygen atoms in total. The standard InChI is InChI=1S/C27H21N3O/c1-30-16-15-24-25(20-9-7-19(18-28)8-10-20)17-26(29-27(24)30)21-11-13-23(14-12-21)31-22-5-3-2-4-6-22/h2-14,17H,15-16H2,1H3. The molecule has 0 spiro atoms. The lowest BCUT2D eigenvalue weighted by molar-refractivity contribution is 0.483. The topological polar surface area (TPSA) is 49.2 Å². The number of benzene rings is 3. The van der Waals surface area contributed by atoms with Crippen molar-refractivity contribution in [3.63, 3.8) is 0 Å². The van der Waals surface area contributed by atoms with E-state index in [1.165, 1.54) is 11.1 Å². The second-order valence-electron chi connectivity index (χ2n) is 7.66. The van der Waals surface area contributed by atoms with Crippen molar-refractivity contribution < 1.29 is 4.74 Å². The largest absolute Gasteiger partial charge is 0.457 e. The van der Waals surface area contributed by atoms with Gasteiger partial charge in [-0.1, -0.05) is 30.3 Å². The number of ether oxygens (including phenoxy) is 1. The Hall–Kier alpha value is -4.10. The maximum absolute atomic E-state index is 9.12. The summed E-state index contributed by atoms with van der Waals surface area (Å²) >= 11 is 0. The van der Waals surface area contributed by atoms with E-state index in [1.807, 2.05) is 78.9 Å². The van der Waals surface area contributed by atoms with Gasteiger partial charge in [0.25, 0.3) is 0 Å². The Balaban J connectivity index is 1.52. The van der Waals surface area contributed by atoms with Crippen LogP contribution in [0.15, 0.2) is 84.9 Å². The minimum Gasteiger partial charge on any atom is -0.457 e. The maximum atomic E-state index is 9.12. The number of nitriles is 1. The van der Waals surface area contributed by atoms with E-state index in [0.717, 1.165) is 47.1 Å². The monoisotopic (exact) mass is 403 g/mol. The first-order valence-electron chi connectivity index (χ1n) is 10.3. The quantitative estimate of drug-likeness (QED) is 0.415. The van der Waals surface area contributed by atoms with Crippen LogP contribution in [0.25, 0.3) is 22.4 Å². The molecule has 0 amide bonds. The highest BCUT2D eigenvalue weighted by atomic mass is 16.5. The van der Waals surface area contributed by atoms with Gasteiger partial charge in [-0.15, -0.1) is 0 Å². The minimum atomic E-state index is 0.667. The summed E-state index contributed by atoms with van der Waals surface area (Å²) in [4.78, 5) is 7.18. The minimum absolute atomic E-state index is 0.667. The van der Waals surface area contributed by atoms with Crippen LogP contribution in [-0.4, -0.2) is 18.6 Å². The van der Waals surface area contributed by atoms with Crippen molar-refractivity contribution in [2.24, 2.45) is 0 Å². The molecule has 2 heterocycles. The van der Waals surface area contributed by atoms with Gasteiger partial charge in [0.2, 0.25) is 0 Å². The zero-order valence-corrected chi connectivity index (χ0v) is 17.2. The average Bonchev–Trinajstić information content (AvgIpc) is 3.20. The number of likely N-dealkylation sites (N-methyl/N-ethyl adjacent to an activating group) is 1. The smallest absolute Gasteiger partial charge is 0.132 e. The molecule has 0 aliphatic carbocycles. The fourth-order valence-electron chi connectivity index (χ4n) is 3.95. The van der Waals surface area contributed by atoms with Gasteiger partial charge in [-0.25, -0.2) is 4.98 Å². The van der Waals surface area contributed by atoms with Crippen LogP contribution < -0.4 is 9.64 Å². The van der Waals surface area contributed by atoms with Crippen LogP contribution in [0.5, 0.6) is 11.5 Å². The predicted octanol–water partition coefficient (Wildman–Crippen LogP) is 6.07. The number of fused-ring (bicyclic) bond motifs is 1. The van der Waals surface area contributed by atoms with Crippen LogP contribution in [0, 0.1) is 11.3 Å². The molecule has 0 unspecified atom stereocenters. The van der Waals surface area contributed by atoms with E-state index in [2.05, 4.69) is 24.1 Å². The van der Waals surface area contributed by atoms with Gasteiger partial charge in [0.1, 0.15) is 17.3 Å². The highest BCUT2D eigenvalue weighted by Gasteiger charge is 2.23. The molecule has 0 bridgehead atoms. The van der Waals surface area contributed by atoms with Gasteiger partial charge in [0.15, 0.2) is 0 Å². The molecule has 0 fully saturated rings. The number of nitrogens with zero attached hydrogens (tertiary/aromatic N) is 3. The van der Waals surface area contributed by atoms with Crippen molar-refractivity contribution in [1.29, 1.82) is 5.26 Å². The highest BCUT2D eigenvalue weighted by molar-refractivity contribution is 5.80. The molecule has 0 radical (unpaired) electrons. The molecule has 5 rings (SSSR count). The zero-order valence-electron chi connectivity index (χ0n) is 17.2. The lowest BCUT2D eigenvalue weighted by Gasteiger charge is -2.15. The number of anilines is 1. The first kappa shape index (κ1) is 18.9. The Morgan fingerprint density at radius 1 is 0.871 bits per heavy atom. The third-order valence-corrected chi connectivity index (χ3v) is 5.62. The zero-order chi connectivity index (χ0) is 21.2. The summed E-state index contributed by atoms with van der Waals surface area (Å²) < 4.78 is 5.92.